The lowest BCUT2D eigenvalue weighted by molar-refractivity contribution is 0.102. The Morgan fingerprint density at radius 1 is 1.26 bits per heavy atom. The molecule has 6 heteroatoms. The molecular weight excluding hydrogens is 310 g/mol. The van der Waals surface area contributed by atoms with E-state index in [1.165, 1.54) is 0 Å². The molecule has 0 saturated carbocycles. The summed E-state index contributed by atoms with van der Waals surface area (Å²) in [5, 5.41) is 5.72. The van der Waals surface area contributed by atoms with Crippen LogP contribution in [-0.2, 0) is 0 Å². The monoisotopic (exact) mass is 325 g/mol. The number of thiazole rings is 1. The van der Waals surface area contributed by atoms with Crippen molar-refractivity contribution in [1.82, 2.24) is 9.97 Å². The van der Waals surface area contributed by atoms with Gasteiger partial charge in [-0.25, -0.2) is 9.97 Å². The van der Waals surface area contributed by atoms with Gasteiger partial charge in [-0.15, -0.1) is 11.3 Å². The van der Waals surface area contributed by atoms with Gasteiger partial charge in [0, 0.05) is 28.3 Å². The maximum atomic E-state index is 12.4. The molecule has 0 aliphatic carbocycles. The Hall–Kier alpha value is -2.73. The molecule has 1 N–H and O–H groups in total. The van der Waals surface area contributed by atoms with Crippen molar-refractivity contribution in [3.8, 4) is 16.5 Å². The summed E-state index contributed by atoms with van der Waals surface area (Å²) in [5.74, 6) is 0.316. The molecule has 0 aliphatic heterocycles. The molecule has 0 saturated heterocycles. The van der Waals surface area contributed by atoms with Crippen molar-refractivity contribution in [2.75, 3.05) is 12.4 Å². The first-order valence-electron chi connectivity index (χ1n) is 6.99. The predicted molar refractivity (Wildman–Crippen MR) is 91.0 cm³/mol. The van der Waals surface area contributed by atoms with Crippen LogP contribution in [0.25, 0.3) is 10.6 Å². The number of anilines is 1. The first-order chi connectivity index (χ1) is 11.2. The van der Waals surface area contributed by atoms with Gasteiger partial charge in [-0.2, -0.15) is 0 Å². The molecule has 1 aromatic carbocycles. The zero-order chi connectivity index (χ0) is 16.2. The van der Waals surface area contributed by atoms with Crippen molar-refractivity contribution in [3.05, 3.63) is 59.2 Å². The smallest absolute Gasteiger partial charge is 0.255 e. The van der Waals surface area contributed by atoms with Gasteiger partial charge in [-0.3, -0.25) is 4.79 Å². The van der Waals surface area contributed by atoms with E-state index < -0.39 is 0 Å². The molecule has 23 heavy (non-hydrogen) atoms. The molecule has 3 aromatic rings. The summed E-state index contributed by atoms with van der Waals surface area (Å²) in [5.41, 5.74) is 3.10. The summed E-state index contributed by atoms with van der Waals surface area (Å²) >= 11 is 1.56. The second-order valence-electron chi connectivity index (χ2n) is 4.92. The van der Waals surface area contributed by atoms with Crippen molar-refractivity contribution >= 4 is 22.9 Å². The number of aromatic nitrogens is 2. The molecule has 2 heterocycles. The predicted octanol–water partition coefficient (Wildman–Crippen LogP) is 3.77. The van der Waals surface area contributed by atoms with Crippen LogP contribution in [0, 0.1) is 6.92 Å². The quantitative estimate of drug-likeness (QED) is 0.793. The Morgan fingerprint density at radius 3 is 2.78 bits per heavy atom. The SMILES string of the molecule is COc1ccc(NC(=O)c2cccc(-c3nc(C)cs3)c2)cn1. The van der Waals surface area contributed by atoms with E-state index in [1.807, 2.05) is 30.5 Å². The van der Waals surface area contributed by atoms with E-state index in [1.54, 1.807) is 42.8 Å². The number of hydrogen-bond acceptors (Lipinski definition) is 5. The first kappa shape index (κ1) is 15.2. The minimum absolute atomic E-state index is 0.188. The highest BCUT2D eigenvalue weighted by Gasteiger charge is 2.09. The van der Waals surface area contributed by atoms with Crippen LogP contribution in [0.15, 0.2) is 48.0 Å². The molecule has 0 spiro atoms. The molecule has 0 aliphatic rings. The van der Waals surface area contributed by atoms with E-state index in [-0.39, 0.29) is 5.91 Å². The number of ether oxygens (including phenoxy) is 1. The normalized spacial score (nSPS) is 10.3. The van der Waals surface area contributed by atoms with Gasteiger partial charge >= 0.3 is 0 Å². The number of aryl methyl sites for hydroxylation is 1. The summed E-state index contributed by atoms with van der Waals surface area (Å²) in [4.78, 5) is 20.9. The number of nitrogens with zero attached hydrogens (tertiary/aromatic N) is 2. The Labute approximate surface area is 138 Å². The van der Waals surface area contributed by atoms with Gasteiger partial charge in [0.05, 0.1) is 19.0 Å². The third kappa shape index (κ3) is 3.54. The summed E-state index contributed by atoms with van der Waals surface area (Å²) in [7, 11) is 1.55. The Morgan fingerprint density at radius 2 is 2.13 bits per heavy atom. The number of rotatable bonds is 4. The van der Waals surface area contributed by atoms with E-state index in [2.05, 4.69) is 15.3 Å². The minimum atomic E-state index is -0.188. The maximum Gasteiger partial charge on any atom is 0.255 e. The van der Waals surface area contributed by atoms with Gasteiger partial charge < -0.3 is 10.1 Å². The molecule has 0 unspecified atom stereocenters. The number of amides is 1. The molecule has 3 rings (SSSR count). The summed E-state index contributed by atoms with van der Waals surface area (Å²) in [6.07, 6.45) is 1.56. The van der Waals surface area contributed by atoms with E-state index in [9.17, 15) is 4.79 Å². The zero-order valence-electron chi connectivity index (χ0n) is 12.7. The molecule has 0 fully saturated rings. The van der Waals surface area contributed by atoms with Crippen LogP contribution >= 0.6 is 11.3 Å². The molecule has 0 bridgehead atoms. The molecule has 0 radical (unpaired) electrons. The third-order valence-corrected chi connectivity index (χ3v) is 4.20. The number of hydrogen-bond donors (Lipinski definition) is 1. The average molecular weight is 325 g/mol. The first-order valence-corrected chi connectivity index (χ1v) is 7.87. The van der Waals surface area contributed by atoms with Crippen LogP contribution in [0.3, 0.4) is 0 Å². The number of methoxy groups -OCH3 is 1. The second kappa shape index (κ2) is 6.58. The summed E-state index contributed by atoms with van der Waals surface area (Å²) in [6, 6.07) is 10.9. The van der Waals surface area contributed by atoms with Crippen LogP contribution in [0.4, 0.5) is 5.69 Å². The Kier molecular flexibility index (Phi) is 4.34. The van der Waals surface area contributed by atoms with E-state index >= 15 is 0 Å². The van der Waals surface area contributed by atoms with Crippen molar-refractivity contribution < 1.29 is 9.53 Å². The number of pyridine rings is 1. The topological polar surface area (TPSA) is 64.1 Å². The van der Waals surface area contributed by atoms with Crippen molar-refractivity contribution in [2.45, 2.75) is 6.92 Å². The fraction of sp³-hybridized carbons (Fsp3) is 0.118. The van der Waals surface area contributed by atoms with Gasteiger partial charge in [-0.1, -0.05) is 12.1 Å². The molecular formula is C17H15N3O2S. The fourth-order valence-corrected chi connectivity index (χ4v) is 2.85. The van der Waals surface area contributed by atoms with Gasteiger partial charge in [0.15, 0.2) is 0 Å². The molecule has 5 nitrogen and oxygen atoms in total. The lowest BCUT2D eigenvalue weighted by atomic mass is 10.1. The van der Waals surface area contributed by atoms with Crippen molar-refractivity contribution in [2.24, 2.45) is 0 Å². The molecule has 2 aromatic heterocycles. The van der Waals surface area contributed by atoms with Gasteiger partial charge in [0.2, 0.25) is 5.88 Å². The lowest BCUT2D eigenvalue weighted by Crippen LogP contribution is -2.12. The number of carbonyl (C=O) groups excluding carboxylic acids is 1. The second-order valence-corrected chi connectivity index (χ2v) is 5.78. The van der Waals surface area contributed by atoms with E-state index in [0.717, 1.165) is 16.3 Å². The summed E-state index contributed by atoms with van der Waals surface area (Å²) < 4.78 is 5.00. The fourth-order valence-electron chi connectivity index (χ4n) is 2.06. The largest absolute Gasteiger partial charge is 0.481 e. The van der Waals surface area contributed by atoms with Crippen LogP contribution < -0.4 is 10.1 Å². The highest BCUT2D eigenvalue weighted by Crippen LogP contribution is 2.24. The van der Waals surface area contributed by atoms with Crippen molar-refractivity contribution in [3.63, 3.8) is 0 Å². The Balaban J connectivity index is 1.79. The average Bonchev–Trinajstić information content (AvgIpc) is 3.02. The highest BCUT2D eigenvalue weighted by atomic mass is 32.1. The van der Waals surface area contributed by atoms with Crippen molar-refractivity contribution in [1.29, 1.82) is 0 Å². The molecule has 1 amide bonds. The molecule has 0 atom stereocenters. The van der Waals surface area contributed by atoms with Gasteiger partial charge in [0.1, 0.15) is 5.01 Å². The number of benzene rings is 1. The maximum absolute atomic E-state index is 12.4. The number of carbonyl (C=O) groups is 1. The zero-order valence-corrected chi connectivity index (χ0v) is 13.6. The van der Waals surface area contributed by atoms with Crippen LogP contribution in [0.1, 0.15) is 16.1 Å². The van der Waals surface area contributed by atoms with Gasteiger partial charge in [-0.05, 0) is 25.1 Å². The van der Waals surface area contributed by atoms with Crippen LogP contribution in [0.5, 0.6) is 5.88 Å². The van der Waals surface area contributed by atoms with Gasteiger partial charge in [0.25, 0.3) is 5.91 Å². The van der Waals surface area contributed by atoms with Crippen LogP contribution in [0.2, 0.25) is 0 Å². The summed E-state index contributed by atoms with van der Waals surface area (Å²) in [6.45, 7) is 1.95. The third-order valence-electron chi connectivity index (χ3n) is 3.19. The Bertz CT molecular complexity index is 828. The van der Waals surface area contributed by atoms with E-state index in [0.29, 0.717) is 17.1 Å². The molecule has 116 valence electrons. The van der Waals surface area contributed by atoms with E-state index in [4.69, 9.17) is 4.74 Å². The minimum Gasteiger partial charge on any atom is -0.481 e. The van der Waals surface area contributed by atoms with Crippen LogP contribution in [-0.4, -0.2) is 23.0 Å². The standard InChI is InChI=1S/C17H15N3O2S/c1-11-10-23-17(19-11)13-5-3-4-12(8-13)16(21)20-14-6-7-15(22-2)18-9-14/h3-10H,1-2H3,(H,20,21). The lowest BCUT2D eigenvalue weighted by Gasteiger charge is -2.06. The number of nitrogens with one attached hydrogen (secondary N) is 1. The highest BCUT2D eigenvalue weighted by molar-refractivity contribution is 7.13.